The maximum absolute atomic E-state index is 6.37. The van der Waals surface area contributed by atoms with Crippen LogP contribution < -0.4 is 15.0 Å². The summed E-state index contributed by atoms with van der Waals surface area (Å²) in [5, 5.41) is 8.36. The Kier molecular flexibility index (Phi) is 4.99. The molecule has 3 rings (SSSR count). The van der Waals surface area contributed by atoms with Crippen LogP contribution in [0.5, 0.6) is 5.75 Å². The van der Waals surface area contributed by atoms with Gasteiger partial charge < -0.3 is 15.0 Å². The van der Waals surface area contributed by atoms with E-state index in [0.29, 0.717) is 5.02 Å². The minimum absolute atomic E-state index is 0.582. The Hall–Kier alpha value is -2.47. The number of fused-ring (bicyclic) bond motifs is 1. The molecule has 0 saturated heterocycles. The van der Waals surface area contributed by atoms with Gasteiger partial charge in [-0.15, -0.1) is 0 Å². The van der Waals surface area contributed by atoms with Gasteiger partial charge in [-0.05, 0) is 32.9 Å². The van der Waals surface area contributed by atoms with Gasteiger partial charge in [-0.25, -0.2) is 4.98 Å². The summed E-state index contributed by atoms with van der Waals surface area (Å²) < 4.78 is 7.08. The van der Waals surface area contributed by atoms with Crippen LogP contribution in [0.25, 0.3) is 5.65 Å². The maximum Gasteiger partial charge on any atom is 0.159 e. The number of anilines is 3. The minimum atomic E-state index is 0.582. The van der Waals surface area contributed by atoms with Crippen LogP contribution in [0.15, 0.2) is 30.5 Å². The second-order valence-corrected chi connectivity index (χ2v) is 6.06. The summed E-state index contributed by atoms with van der Waals surface area (Å²) in [6.07, 6.45) is 1.76. The van der Waals surface area contributed by atoms with Gasteiger partial charge in [0.15, 0.2) is 5.65 Å². The number of rotatable bonds is 6. The van der Waals surface area contributed by atoms with Crippen molar-refractivity contribution >= 4 is 34.6 Å². The minimum Gasteiger partial charge on any atom is -0.497 e. The molecular formula is C18H22ClN5O. The highest BCUT2D eigenvalue weighted by atomic mass is 35.5. The second kappa shape index (κ2) is 7.19. The molecule has 3 aromatic rings. The molecule has 2 aromatic heterocycles. The molecular weight excluding hydrogens is 338 g/mol. The molecule has 0 atom stereocenters. The number of methoxy groups -OCH3 is 1. The molecule has 6 nitrogen and oxygen atoms in total. The first-order valence-corrected chi connectivity index (χ1v) is 8.66. The zero-order chi connectivity index (χ0) is 18.0. The Bertz CT molecular complexity index is 889. The van der Waals surface area contributed by atoms with E-state index in [1.165, 1.54) is 0 Å². The summed E-state index contributed by atoms with van der Waals surface area (Å²) in [4.78, 5) is 6.96. The first-order chi connectivity index (χ1) is 12.1. The topological polar surface area (TPSA) is 54.7 Å². The fourth-order valence-electron chi connectivity index (χ4n) is 2.88. The van der Waals surface area contributed by atoms with Crippen molar-refractivity contribution < 1.29 is 4.74 Å². The summed E-state index contributed by atoms with van der Waals surface area (Å²) in [6.45, 7) is 8.08. The number of halogens is 1. The fraction of sp³-hybridized carbons (Fsp3) is 0.333. The molecule has 1 aromatic carbocycles. The normalized spacial score (nSPS) is 10.9. The average molecular weight is 360 g/mol. The Morgan fingerprint density at radius 2 is 2.00 bits per heavy atom. The van der Waals surface area contributed by atoms with Crippen molar-refractivity contribution in [3.63, 3.8) is 0 Å². The molecule has 0 aliphatic rings. The summed E-state index contributed by atoms with van der Waals surface area (Å²) in [5.41, 5.74) is 2.60. The molecule has 1 N–H and O–H groups in total. The quantitative estimate of drug-likeness (QED) is 0.711. The van der Waals surface area contributed by atoms with Gasteiger partial charge in [0.05, 0.1) is 24.0 Å². The number of hydrogen-bond donors (Lipinski definition) is 1. The van der Waals surface area contributed by atoms with E-state index in [4.69, 9.17) is 21.3 Å². The maximum atomic E-state index is 6.37. The third-order valence-corrected chi connectivity index (χ3v) is 4.55. The molecule has 0 amide bonds. The lowest BCUT2D eigenvalue weighted by Gasteiger charge is -2.25. The van der Waals surface area contributed by atoms with E-state index in [2.05, 4.69) is 29.2 Å². The van der Waals surface area contributed by atoms with E-state index in [1.54, 1.807) is 19.4 Å². The van der Waals surface area contributed by atoms with E-state index in [0.717, 1.165) is 47.4 Å². The Morgan fingerprint density at radius 3 is 2.64 bits per heavy atom. The molecule has 0 saturated carbocycles. The lowest BCUT2D eigenvalue weighted by Crippen LogP contribution is -2.26. The van der Waals surface area contributed by atoms with Crippen LogP contribution >= 0.6 is 11.6 Å². The number of ether oxygens (including phenoxy) is 1. The van der Waals surface area contributed by atoms with E-state index in [9.17, 15) is 0 Å². The summed E-state index contributed by atoms with van der Waals surface area (Å²) >= 11 is 6.37. The van der Waals surface area contributed by atoms with Crippen molar-refractivity contribution in [1.29, 1.82) is 0 Å². The van der Waals surface area contributed by atoms with Gasteiger partial charge in [0.2, 0.25) is 0 Å². The van der Waals surface area contributed by atoms with Crippen LogP contribution in [0, 0.1) is 6.92 Å². The van der Waals surface area contributed by atoms with Gasteiger partial charge >= 0.3 is 0 Å². The van der Waals surface area contributed by atoms with Crippen molar-refractivity contribution in [2.75, 3.05) is 30.4 Å². The molecule has 0 fully saturated rings. The molecule has 25 heavy (non-hydrogen) atoms. The van der Waals surface area contributed by atoms with Crippen molar-refractivity contribution in [2.45, 2.75) is 20.8 Å². The van der Waals surface area contributed by atoms with Gasteiger partial charge in [0.1, 0.15) is 17.4 Å². The van der Waals surface area contributed by atoms with Gasteiger partial charge in [-0.3, -0.25) is 0 Å². The largest absolute Gasteiger partial charge is 0.497 e. The van der Waals surface area contributed by atoms with Crippen LogP contribution in [-0.4, -0.2) is 34.8 Å². The van der Waals surface area contributed by atoms with E-state index in [1.807, 2.05) is 29.6 Å². The van der Waals surface area contributed by atoms with E-state index < -0.39 is 0 Å². The molecule has 0 bridgehead atoms. The van der Waals surface area contributed by atoms with Gasteiger partial charge in [0.25, 0.3) is 0 Å². The number of hydrogen-bond acceptors (Lipinski definition) is 5. The van der Waals surface area contributed by atoms with Gasteiger partial charge in [-0.1, -0.05) is 11.6 Å². The van der Waals surface area contributed by atoms with Crippen molar-refractivity contribution in [1.82, 2.24) is 14.6 Å². The van der Waals surface area contributed by atoms with Crippen LogP contribution in [-0.2, 0) is 0 Å². The van der Waals surface area contributed by atoms with Crippen LogP contribution in [0.1, 0.15) is 19.4 Å². The Balaban J connectivity index is 2.09. The average Bonchev–Trinajstić information content (AvgIpc) is 3.08. The van der Waals surface area contributed by atoms with E-state index in [-0.39, 0.29) is 0 Å². The SMILES string of the molecule is CCN(CC)c1c(C)c(Nc2ccc(OC)cc2Cl)nc2ccnn12. The molecule has 7 heteroatoms. The van der Waals surface area contributed by atoms with Crippen molar-refractivity contribution in [2.24, 2.45) is 0 Å². The number of nitrogens with one attached hydrogen (secondary N) is 1. The fourth-order valence-corrected chi connectivity index (χ4v) is 3.09. The first-order valence-electron chi connectivity index (χ1n) is 8.28. The molecule has 0 radical (unpaired) electrons. The second-order valence-electron chi connectivity index (χ2n) is 5.65. The molecule has 0 unspecified atom stereocenters. The summed E-state index contributed by atoms with van der Waals surface area (Å²) in [6, 6.07) is 7.43. The summed E-state index contributed by atoms with van der Waals surface area (Å²) in [5.74, 6) is 2.52. The van der Waals surface area contributed by atoms with Crippen LogP contribution in [0.2, 0.25) is 5.02 Å². The number of nitrogens with zero attached hydrogens (tertiary/aromatic N) is 4. The van der Waals surface area contributed by atoms with Crippen LogP contribution in [0.4, 0.5) is 17.3 Å². The lowest BCUT2D eigenvalue weighted by atomic mass is 10.2. The first kappa shape index (κ1) is 17.4. The third-order valence-electron chi connectivity index (χ3n) is 4.23. The molecule has 0 aliphatic carbocycles. The zero-order valence-electron chi connectivity index (χ0n) is 14.9. The molecule has 132 valence electrons. The number of aromatic nitrogens is 3. The highest BCUT2D eigenvalue weighted by Crippen LogP contribution is 2.32. The Morgan fingerprint density at radius 1 is 1.24 bits per heavy atom. The zero-order valence-corrected chi connectivity index (χ0v) is 15.6. The van der Waals surface area contributed by atoms with Crippen molar-refractivity contribution in [3.05, 3.63) is 41.0 Å². The summed E-state index contributed by atoms with van der Waals surface area (Å²) in [7, 11) is 1.62. The molecule has 0 spiro atoms. The predicted octanol–water partition coefficient (Wildman–Crippen LogP) is 4.29. The number of benzene rings is 1. The standard InChI is InChI=1S/C18H22ClN5O/c1-5-23(6-2)18-12(3)17(22-16-9-10-20-24(16)18)21-15-8-7-13(25-4)11-14(15)19/h7-11H,5-6H2,1-4H3,(H,21,22). The monoisotopic (exact) mass is 359 g/mol. The van der Waals surface area contributed by atoms with Crippen LogP contribution in [0.3, 0.4) is 0 Å². The Labute approximate surface area is 152 Å². The molecule has 0 aliphatic heterocycles. The van der Waals surface area contributed by atoms with E-state index >= 15 is 0 Å². The molecule has 2 heterocycles. The smallest absolute Gasteiger partial charge is 0.159 e. The third kappa shape index (κ3) is 3.22. The highest BCUT2D eigenvalue weighted by molar-refractivity contribution is 6.33. The predicted molar refractivity (Wildman–Crippen MR) is 103 cm³/mol. The highest BCUT2D eigenvalue weighted by Gasteiger charge is 2.17. The van der Waals surface area contributed by atoms with Gasteiger partial charge in [0, 0.05) is 30.8 Å². The van der Waals surface area contributed by atoms with Gasteiger partial charge in [-0.2, -0.15) is 9.61 Å². The lowest BCUT2D eigenvalue weighted by molar-refractivity contribution is 0.415. The van der Waals surface area contributed by atoms with Crippen molar-refractivity contribution in [3.8, 4) is 5.75 Å².